The van der Waals surface area contributed by atoms with Gasteiger partial charge >= 0.3 is 0 Å². The quantitative estimate of drug-likeness (QED) is 0.646. The fraction of sp³-hybridized carbons (Fsp3) is 0.360. The summed E-state index contributed by atoms with van der Waals surface area (Å²) < 4.78 is 13.2. The molecule has 1 fully saturated rings. The van der Waals surface area contributed by atoms with Crippen LogP contribution in [0.1, 0.15) is 49.0 Å². The molecule has 0 spiro atoms. The predicted octanol–water partition coefficient (Wildman–Crippen LogP) is 4.77. The Labute approximate surface area is 178 Å². The molecular formula is C25H29FN2O2. The van der Waals surface area contributed by atoms with E-state index >= 15 is 0 Å². The molecule has 0 unspecified atom stereocenters. The van der Waals surface area contributed by atoms with E-state index in [0.717, 1.165) is 30.4 Å². The molecule has 0 N–H and O–H groups in total. The van der Waals surface area contributed by atoms with Crippen LogP contribution in [0.25, 0.3) is 5.57 Å². The maximum absolute atomic E-state index is 13.2. The van der Waals surface area contributed by atoms with Crippen molar-refractivity contribution in [2.45, 2.75) is 39.2 Å². The lowest BCUT2D eigenvalue weighted by atomic mass is 10.0. The lowest BCUT2D eigenvalue weighted by Crippen LogP contribution is -2.48. The van der Waals surface area contributed by atoms with Crippen molar-refractivity contribution >= 4 is 17.4 Å². The number of hydrogen-bond donors (Lipinski definition) is 0. The van der Waals surface area contributed by atoms with Crippen LogP contribution in [0.5, 0.6) is 0 Å². The molecule has 1 saturated heterocycles. The van der Waals surface area contributed by atoms with Crippen molar-refractivity contribution in [3.8, 4) is 0 Å². The molecular weight excluding hydrogens is 379 g/mol. The summed E-state index contributed by atoms with van der Waals surface area (Å²) in [5, 5.41) is 0. The molecule has 0 aliphatic carbocycles. The number of benzene rings is 2. The average Bonchev–Trinajstić information content (AvgIpc) is 2.78. The molecule has 5 heteroatoms. The Morgan fingerprint density at radius 3 is 2.27 bits per heavy atom. The SMILES string of the molecule is CCCN(C(=O)/C=C(\C)c1ccc(F)cc1)C1CCN(C(=O)c2ccccc2)CC1. The standard InChI is InChI=1S/C25H29FN2O2/c1-3-15-28(24(29)18-19(2)20-9-11-22(26)12-10-20)23-13-16-27(17-14-23)25(30)21-7-5-4-6-8-21/h4-12,18,23H,3,13-17H2,1-2H3/b19-18+. The molecule has 2 aromatic carbocycles. The number of hydrogen-bond acceptors (Lipinski definition) is 2. The molecule has 0 saturated carbocycles. The van der Waals surface area contributed by atoms with Gasteiger partial charge in [0.05, 0.1) is 0 Å². The normalized spacial score (nSPS) is 15.2. The van der Waals surface area contributed by atoms with E-state index in [9.17, 15) is 14.0 Å². The van der Waals surface area contributed by atoms with E-state index < -0.39 is 0 Å². The number of carbonyl (C=O) groups is 2. The Balaban J connectivity index is 1.65. The molecule has 0 atom stereocenters. The minimum absolute atomic E-state index is 0.0217. The third kappa shape index (κ3) is 5.35. The molecule has 3 rings (SSSR count). The van der Waals surface area contributed by atoms with Crippen LogP contribution in [0.2, 0.25) is 0 Å². The highest BCUT2D eigenvalue weighted by Crippen LogP contribution is 2.21. The topological polar surface area (TPSA) is 40.6 Å². The van der Waals surface area contributed by atoms with Gasteiger partial charge in [-0.15, -0.1) is 0 Å². The summed E-state index contributed by atoms with van der Waals surface area (Å²) in [4.78, 5) is 29.5. The fourth-order valence-electron chi connectivity index (χ4n) is 3.92. The molecule has 2 amide bonds. The first-order chi connectivity index (χ1) is 14.5. The highest BCUT2D eigenvalue weighted by atomic mass is 19.1. The van der Waals surface area contributed by atoms with Crippen LogP contribution in [0.15, 0.2) is 60.7 Å². The summed E-state index contributed by atoms with van der Waals surface area (Å²) in [6.07, 6.45) is 4.06. The molecule has 158 valence electrons. The third-order valence-electron chi connectivity index (χ3n) is 5.60. The highest BCUT2D eigenvalue weighted by Gasteiger charge is 2.29. The van der Waals surface area contributed by atoms with Gasteiger partial charge in [0.25, 0.3) is 5.91 Å². The van der Waals surface area contributed by atoms with Crippen LogP contribution >= 0.6 is 0 Å². The lowest BCUT2D eigenvalue weighted by molar-refractivity contribution is -0.129. The van der Waals surface area contributed by atoms with Crippen molar-refractivity contribution in [1.82, 2.24) is 9.80 Å². The van der Waals surface area contributed by atoms with E-state index in [0.29, 0.717) is 25.2 Å². The smallest absolute Gasteiger partial charge is 0.253 e. The number of halogens is 1. The van der Waals surface area contributed by atoms with Crippen LogP contribution < -0.4 is 0 Å². The number of likely N-dealkylation sites (tertiary alicyclic amines) is 1. The van der Waals surface area contributed by atoms with E-state index in [2.05, 4.69) is 6.92 Å². The van der Waals surface area contributed by atoms with Crippen molar-refractivity contribution < 1.29 is 14.0 Å². The number of carbonyl (C=O) groups excluding carboxylic acids is 2. The van der Waals surface area contributed by atoms with Crippen LogP contribution in [0.3, 0.4) is 0 Å². The Morgan fingerprint density at radius 2 is 1.67 bits per heavy atom. The molecule has 1 heterocycles. The number of rotatable bonds is 6. The Kier molecular flexibility index (Phi) is 7.39. The van der Waals surface area contributed by atoms with Gasteiger partial charge in [0.15, 0.2) is 0 Å². The summed E-state index contributed by atoms with van der Waals surface area (Å²) in [6, 6.07) is 15.6. The first-order valence-corrected chi connectivity index (χ1v) is 10.6. The van der Waals surface area contributed by atoms with Crippen LogP contribution in [-0.2, 0) is 4.79 Å². The van der Waals surface area contributed by atoms with Gasteiger partial charge in [-0.2, -0.15) is 0 Å². The molecule has 0 radical (unpaired) electrons. The van der Waals surface area contributed by atoms with Crippen molar-refractivity contribution in [3.05, 3.63) is 77.6 Å². The van der Waals surface area contributed by atoms with Gasteiger partial charge in [-0.05, 0) is 61.6 Å². The summed E-state index contributed by atoms with van der Waals surface area (Å²) in [6.45, 7) is 5.91. The first-order valence-electron chi connectivity index (χ1n) is 10.6. The minimum atomic E-state index is -0.290. The zero-order valence-corrected chi connectivity index (χ0v) is 17.7. The van der Waals surface area contributed by atoms with Gasteiger partial charge in [0.2, 0.25) is 5.91 Å². The average molecular weight is 409 g/mol. The molecule has 0 bridgehead atoms. The van der Waals surface area contributed by atoms with Gasteiger partial charge < -0.3 is 9.80 Å². The van der Waals surface area contributed by atoms with Gasteiger partial charge in [0.1, 0.15) is 5.82 Å². The van der Waals surface area contributed by atoms with Gasteiger partial charge in [-0.1, -0.05) is 37.3 Å². The fourth-order valence-corrected chi connectivity index (χ4v) is 3.92. The summed E-state index contributed by atoms with van der Waals surface area (Å²) in [5.74, 6) is -0.261. The van der Waals surface area contributed by atoms with Crippen molar-refractivity contribution in [2.75, 3.05) is 19.6 Å². The van der Waals surface area contributed by atoms with Crippen LogP contribution in [0, 0.1) is 5.82 Å². The number of piperidine rings is 1. The van der Waals surface area contributed by atoms with Crippen molar-refractivity contribution in [2.24, 2.45) is 0 Å². The monoisotopic (exact) mass is 408 g/mol. The van der Waals surface area contributed by atoms with E-state index in [1.165, 1.54) is 12.1 Å². The van der Waals surface area contributed by atoms with E-state index in [-0.39, 0.29) is 23.7 Å². The Hall–Kier alpha value is -2.95. The predicted molar refractivity (Wildman–Crippen MR) is 117 cm³/mol. The number of amides is 2. The molecule has 0 aromatic heterocycles. The van der Waals surface area contributed by atoms with Gasteiger partial charge in [0, 0.05) is 37.3 Å². The maximum Gasteiger partial charge on any atom is 0.253 e. The summed E-state index contributed by atoms with van der Waals surface area (Å²) in [5.41, 5.74) is 2.36. The lowest BCUT2D eigenvalue weighted by Gasteiger charge is -2.38. The molecule has 4 nitrogen and oxygen atoms in total. The Morgan fingerprint density at radius 1 is 1.03 bits per heavy atom. The van der Waals surface area contributed by atoms with Crippen molar-refractivity contribution in [3.63, 3.8) is 0 Å². The molecule has 30 heavy (non-hydrogen) atoms. The van der Waals surface area contributed by atoms with Gasteiger partial charge in [-0.25, -0.2) is 4.39 Å². The second-order valence-electron chi connectivity index (χ2n) is 7.76. The highest BCUT2D eigenvalue weighted by molar-refractivity contribution is 5.95. The Bertz CT molecular complexity index is 885. The van der Waals surface area contributed by atoms with Crippen molar-refractivity contribution in [1.29, 1.82) is 0 Å². The largest absolute Gasteiger partial charge is 0.338 e. The zero-order valence-electron chi connectivity index (χ0n) is 17.7. The van der Waals surface area contributed by atoms with E-state index in [4.69, 9.17) is 0 Å². The molecule has 1 aliphatic rings. The van der Waals surface area contributed by atoms with Crippen LogP contribution in [0.4, 0.5) is 4.39 Å². The number of allylic oxidation sites excluding steroid dienone is 1. The van der Waals surface area contributed by atoms with Gasteiger partial charge in [-0.3, -0.25) is 9.59 Å². The maximum atomic E-state index is 13.2. The molecule has 1 aliphatic heterocycles. The summed E-state index contributed by atoms with van der Waals surface area (Å²) in [7, 11) is 0. The first kappa shape index (κ1) is 21.8. The number of nitrogens with zero attached hydrogens (tertiary/aromatic N) is 2. The second kappa shape index (κ2) is 10.2. The van der Waals surface area contributed by atoms with E-state index in [1.54, 1.807) is 18.2 Å². The third-order valence-corrected chi connectivity index (χ3v) is 5.60. The zero-order chi connectivity index (χ0) is 21.5. The van der Waals surface area contributed by atoms with Crippen LogP contribution in [-0.4, -0.2) is 47.3 Å². The molecule has 2 aromatic rings. The second-order valence-corrected chi connectivity index (χ2v) is 7.76. The van der Waals surface area contributed by atoms with E-state index in [1.807, 2.05) is 47.1 Å². The minimum Gasteiger partial charge on any atom is -0.338 e. The summed E-state index contributed by atoms with van der Waals surface area (Å²) >= 11 is 0.